The summed E-state index contributed by atoms with van der Waals surface area (Å²) in [7, 11) is 0. The maximum Gasteiger partial charge on any atom is 0.171 e. The van der Waals surface area contributed by atoms with E-state index in [0.29, 0.717) is 35.0 Å². The lowest BCUT2D eigenvalue weighted by atomic mass is 10.2. The number of amidine groups is 1. The van der Waals surface area contributed by atoms with E-state index in [4.69, 9.17) is 27.3 Å². The first-order valence-electron chi connectivity index (χ1n) is 7.02. The Morgan fingerprint density at radius 3 is 2.43 bits per heavy atom. The predicted molar refractivity (Wildman–Crippen MR) is 86.4 cm³/mol. The largest absolute Gasteiger partial charge is 0.492 e. The van der Waals surface area contributed by atoms with Crippen molar-refractivity contribution in [2.24, 2.45) is 10.9 Å². The van der Waals surface area contributed by atoms with Crippen molar-refractivity contribution in [3.05, 3.63) is 28.8 Å². The van der Waals surface area contributed by atoms with Gasteiger partial charge in [-0.3, -0.25) is 4.90 Å². The molecule has 0 radical (unpaired) electrons. The lowest BCUT2D eigenvalue weighted by Crippen LogP contribution is -2.39. The summed E-state index contributed by atoms with van der Waals surface area (Å²) in [5, 5.41) is 12.0. The summed E-state index contributed by atoms with van der Waals surface area (Å²) in [5.74, 6) is 0.652. The van der Waals surface area contributed by atoms with Gasteiger partial charge in [0.15, 0.2) is 5.84 Å². The minimum absolute atomic E-state index is 0.0164. The van der Waals surface area contributed by atoms with Gasteiger partial charge in [0.1, 0.15) is 12.4 Å². The average molecular weight is 314 g/mol. The number of ether oxygens (including phenoxy) is 1. The van der Waals surface area contributed by atoms with Crippen LogP contribution >= 0.6 is 11.6 Å². The number of hydrogen-bond donors (Lipinski definition) is 2. The summed E-state index contributed by atoms with van der Waals surface area (Å²) in [6, 6.07) is 6.05. The summed E-state index contributed by atoms with van der Waals surface area (Å²) >= 11 is 6.08. The molecule has 0 saturated heterocycles. The second-order valence-electron chi connectivity index (χ2n) is 5.40. The molecule has 1 aromatic carbocycles. The van der Waals surface area contributed by atoms with Gasteiger partial charge in [0.05, 0.1) is 5.02 Å². The van der Waals surface area contributed by atoms with Gasteiger partial charge in [0.25, 0.3) is 0 Å². The Hall–Kier alpha value is -1.46. The molecule has 0 bridgehead atoms. The van der Waals surface area contributed by atoms with Crippen LogP contribution in [0.1, 0.15) is 33.3 Å². The number of nitrogens with zero attached hydrogens (tertiary/aromatic N) is 2. The predicted octanol–water partition coefficient (Wildman–Crippen LogP) is 2.93. The minimum Gasteiger partial charge on any atom is -0.492 e. The number of oxime groups is 1. The number of rotatable bonds is 7. The van der Waals surface area contributed by atoms with Crippen molar-refractivity contribution >= 4 is 17.4 Å². The highest BCUT2D eigenvalue weighted by Crippen LogP contribution is 2.22. The fourth-order valence-corrected chi connectivity index (χ4v) is 2.50. The topological polar surface area (TPSA) is 71.1 Å². The zero-order chi connectivity index (χ0) is 16.0. The summed E-state index contributed by atoms with van der Waals surface area (Å²) in [5.41, 5.74) is 6.00. The highest BCUT2D eigenvalue weighted by Gasteiger charge is 2.13. The number of hydrogen-bond acceptors (Lipinski definition) is 4. The molecule has 21 heavy (non-hydrogen) atoms. The van der Waals surface area contributed by atoms with Gasteiger partial charge in [-0.15, -0.1) is 0 Å². The molecule has 0 spiro atoms. The van der Waals surface area contributed by atoms with Crippen molar-refractivity contribution in [1.29, 1.82) is 0 Å². The van der Waals surface area contributed by atoms with Gasteiger partial charge in [0.2, 0.25) is 0 Å². The summed E-state index contributed by atoms with van der Waals surface area (Å²) in [6.45, 7) is 10.1. The SMILES string of the molecule is CC(C)N(CCOc1ccc(/C(N)=N/O)c(Cl)c1)C(C)C. The van der Waals surface area contributed by atoms with E-state index in [2.05, 4.69) is 37.8 Å². The molecule has 0 saturated carbocycles. The molecule has 0 amide bonds. The second-order valence-corrected chi connectivity index (χ2v) is 5.81. The molecule has 0 heterocycles. The fourth-order valence-electron chi connectivity index (χ4n) is 2.23. The van der Waals surface area contributed by atoms with Crippen molar-refractivity contribution in [2.75, 3.05) is 13.2 Å². The molecule has 5 nitrogen and oxygen atoms in total. The molecule has 0 aliphatic carbocycles. The Morgan fingerprint density at radius 1 is 1.33 bits per heavy atom. The van der Waals surface area contributed by atoms with Crippen LogP contribution in [0.5, 0.6) is 5.75 Å². The molecular formula is C15H24ClN3O2. The van der Waals surface area contributed by atoms with Crippen LogP contribution in [0, 0.1) is 0 Å². The Labute approximate surface area is 131 Å². The highest BCUT2D eigenvalue weighted by molar-refractivity contribution is 6.34. The van der Waals surface area contributed by atoms with Crippen LogP contribution in [-0.4, -0.2) is 41.2 Å². The van der Waals surface area contributed by atoms with Gasteiger partial charge in [-0.25, -0.2) is 0 Å². The third-order valence-electron chi connectivity index (χ3n) is 3.27. The zero-order valence-corrected chi connectivity index (χ0v) is 13.8. The number of halogens is 1. The first-order chi connectivity index (χ1) is 9.86. The van der Waals surface area contributed by atoms with Crippen molar-refractivity contribution in [3.8, 4) is 5.75 Å². The third kappa shape index (κ3) is 5.10. The monoisotopic (exact) mass is 313 g/mol. The van der Waals surface area contributed by atoms with Gasteiger partial charge in [0, 0.05) is 24.2 Å². The molecular weight excluding hydrogens is 290 g/mol. The molecule has 0 unspecified atom stereocenters. The van der Waals surface area contributed by atoms with E-state index in [1.54, 1.807) is 18.2 Å². The van der Waals surface area contributed by atoms with Gasteiger partial charge < -0.3 is 15.7 Å². The number of benzene rings is 1. The summed E-state index contributed by atoms with van der Waals surface area (Å²) < 4.78 is 5.72. The Kier molecular flexibility index (Phi) is 6.78. The van der Waals surface area contributed by atoms with Crippen LogP contribution in [0.4, 0.5) is 0 Å². The van der Waals surface area contributed by atoms with E-state index in [0.717, 1.165) is 6.54 Å². The molecule has 0 atom stereocenters. The molecule has 0 aliphatic heterocycles. The molecule has 0 aliphatic rings. The van der Waals surface area contributed by atoms with E-state index in [1.165, 1.54) is 0 Å². The lowest BCUT2D eigenvalue weighted by Gasteiger charge is -2.30. The number of nitrogens with two attached hydrogens (primary N) is 1. The van der Waals surface area contributed by atoms with Crippen molar-refractivity contribution in [3.63, 3.8) is 0 Å². The third-order valence-corrected chi connectivity index (χ3v) is 3.58. The van der Waals surface area contributed by atoms with Crippen LogP contribution in [0.2, 0.25) is 5.02 Å². The maximum absolute atomic E-state index is 8.66. The van der Waals surface area contributed by atoms with Crippen LogP contribution in [0.25, 0.3) is 0 Å². The lowest BCUT2D eigenvalue weighted by molar-refractivity contribution is 0.142. The Morgan fingerprint density at radius 2 is 1.95 bits per heavy atom. The van der Waals surface area contributed by atoms with Crippen LogP contribution in [-0.2, 0) is 0 Å². The minimum atomic E-state index is -0.0164. The van der Waals surface area contributed by atoms with Gasteiger partial charge in [-0.05, 0) is 45.9 Å². The first-order valence-corrected chi connectivity index (χ1v) is 7.40. The van der Waals surface area contributed by atoms with Crippen LogP contribution in [0.3, 0.4) is 0 Å². The fraction of sp³-hybridized carbons (Fsp3) is 0.533. The molecule has 118 valence electrons. The van der Waals surface area contributed by atoms with E-state index >= 15 is 0 Å². The molecule has 6 heteroatoms. The molecule has 1 rings (SSSR count). The Bertz CT molecular complexity index is 482. The van der Waals surface area contributed by atoms with E-state index in [9.17, 15) is 0 Å². The van der Waals surface area contributed by atoms with Gasteiger partial charge in [-0.2, -0.15) is 0 Å². The molecule has 0 fully saturated rings. The van der Waals surface area contributed by atoms with E-state index in [1.807, 2.05) is 0 Å². The first kappa shape index (κ1) is 17.6. The zero-order valence-electron chi connectivity index (χ0n) is 13.0. The quantitative estimate of drug-likeness (QED) is 0.351. The van der Waals surface area contributed by atoms with E-state index in [-0.39, 0.29) is 5.84 Å². The van der Waals surface area contributed by atoms with Crippen LogP contribution < -0.4 is 10.5 Å². The van der Waals surface area contributed by atoms with Gasteiger partial charge in [-0.1, -0.05) is 16.8 Å². The van der Waals surface area contributed by atoms with E-state index < -0.39 is 0 Å². The molecule has 3 N–H and O–H groups in total. The van der Waals surface area contributed by atoms with Crippen molar-refractivity contribution in [2.45, 2.75) is 39.8 Å². The highest BCUT2D eigenvalue weighted by atomic mass is 35.5. The average Bonchev–Trinajstić information content (AvgIpc) is 2.42. The van der Waals surface area contributed by atoms with Crippen molar-refractivity contribution < 1.29 is 9.94 Å². The second kappa shape index (κ2) is 8.10. The smallest absolute Gasteiger partial charge is 0.171 e. The summed E-state index contributed by atoms with van der Waals surface area (Å²) in [6.07, 6.45) is 0. The Balaban J connectivity index is 2.63. The molecule has 0 aromatic heterocycles. The van der Waals surface area contributed by atoms with Crippen LogP contribution in [0.15, 0.2) is 23.4 Å². The summed E-state index contributed by atoms with van der Waals surface area (Å²) in [4.78, 5) is 2.35. The standard InChI is InChI=1S/C15H24ClN3O2/c1-10(2)19(11(3)4)7-8-21-12-5-6-13(14(16)9-12)15(17)18-20/h5-6,9-11,20H,7-8H2,1-4H3,(H2,17,18). The normalized spacial score (nSPS) is 12.5. The van der Waals surface area contributed by atoms with Crippen molar-refractivity contribution in [1.82, 2.24) is 4.90 Å². The maximum atomic E-state index is 8.66. The van der Waals surface area contributed by atoms with Gasteiger partial charge >= 0.3 is 0 Å². The molecule has 1 aromatic rings.